The first-order valence-corrected chi connectivity index (χ1v) is 5.77. The highest BCUT2D eigenvalue weighted by Gasteiger charge is 2.37. The normalized spacial score (nSPS) is 29.5. The first-order chi connectivity index (χ1) is 8.00. The fourth-order valence-corrected chi connectivity index (χ4v) is 2.56. The predicted molar refractivity (Wildman–Crippen MR) is 56.4 cm³/mol. The number of hydrogen-bond acceptors (Lipinski definition) is 4. The Morgan fingerprint density at radius 1 is 1.41 bits per heavy atom. The topological polar surface area (TPSA) is 77.5 Å². The number of aliphatic carboxylic acids is 1. The number of carbonyl (C=O) groups excluding carboxylic acids is 3. The van der Waals surface area contributed by atoms with E-state index in [-0.39, 0.29) is 17.9 Å². The lowest BCUT2D eigenvalue weighted by atomic mass is 9.85. The molecule has 2 amide bonds. The highest BCUT2D eigenvalue weighted by Crippen LogP contribution is 2.30. The Morgan fingerprint density at radius 3 is 2.65 bits per heavy atom. The van der Waals surface area contributed by atoms with Crippen molar-refractivity contribution in [3.05, 3.63) is 11.6 Å². The molecule has 0 spiro atoms. The average Bonchev–Trinajstić information content (AvgIpc) is 2.53. The quantitative estimate of drug-likeness (QED) is 0.612. The van der Waals surface area contributed by atoms with Crippen LogP contribution in [0.2, 0.25) is 0 Å². The van der Waals surface area contributed by atoms with Crippen molar-refractivity contribution in [2.45, 2.75) is 38.6 Å². The van der Waals surface area contributed by atoms with E-state index in [2.05, 4.69) is 0 Å². The van der Waals surface area contributed by atoms with E-state index in [9.17, 15) is 19.5 Å². The van der Waals surface area contributed by atoms with Crippen molar-refractivity contribution in [3.63, 3.8) is 0 Å². The molecule has 1 heterocycles. The van der Waals surface area contributed by atoms with Gasteiger partial charge in [0.05, 0.1) is 0 Å². The number of nitrogens with zero attached hydrogens (tertiary/aromatic N) is 1. The summed E-state index contributed by atoms with van der Waals surface area (Å²) >= 11 is 0. The number of carboxylic acid groups (broad SMARTS) is 1. The Bertz CT molecular complexity index is 413. The summed E-state index contributed by atoms with van der Waals surface area (Å²) in [7, 11) is 0. The molecule has 1 saturated carbocycles. The Morgan fingerprint density at radius 2 is 2.12 bits per heavy atom. The van der Waals surface area contributed by atoms with Crippen LogP contribution in [0.1, 0.15) is 32.6 Å². The zero-order valence-electron chi connectivity index (χ0n) is 9.64. The summed E-state index contributed by atoms with van der Waals surface area (Å²) in [6.45, 7) is 1.60. The minimum Gasteiger partial charge on any atom is -0.550 e. The minimum absolute atomic E-state index is 0.291. The third-order valence-electron chi connectivity index (χ3n) is 3.48. The van der Waals surface area contributed by atoms with Crippen molar-refractivity contribution >= 4 is 17.8 Å². The molecule has 0 aromatic rings. The van der Waals surface area contributed by atoms with Crippen LogP contribution in [-0.2, 0) is 14.4 Å². The summed E-state index contributed by atoms with van der Waals surface area (Å²) in [6, 6.07) is -0.291. The standard InChI is InChI=1S/C12H15NO4/c1-7-5-10(14)13(11(7)15)9-4-2-3-8(6-9)12(16)17/h5,8-9H,2-4,6H2,1H3,(H,16,17)/p-1. The number of carbonyl (C=O) groups is 3. The van der Waals surface area contributed by atoms with Gasteiger partial charge < -0.3 is 9.90 Å². The molecule has 0 aromatic carbocycles. The SMILES string of the molecule is CC1=CC(=O)N(C2CCCC(C(=O)[O-])C2)C1=O. The summed E-state index contributed by atoms with van der Waals surface area (Å²) in [5.41, 5.74) is 0.422. The maximum Gasteiger partial charge on any atom is 0.256 e. The molecule has 5 heteroatoms. The van der Waals surface area contributed by atoms with E-state index in [1.54, 1.807) is 6.92 Å². The van der Waals surface area contributed by atoms with Gasteiger partial charge in [-0.25, -0.2) is 0 Å². The summed E-state index contributed by atoms with van der Waals surface area (Å²) in [6.07, 6.45) is 3.59. The fourth-order valence-electron chi connectivity index (χ4n) is 2.56. The largest absolute Gasteiger partial charge is 0.550 e. The predicted octanol–water partition coefficient (Wildman–Crippen LogP) is -0.390. The van der Waals surface area contributed by atoms with Gasteiger partial charge in [0.25, 0.3) is 11.8 Å². The van der Waals surface area contributed by atoms with Crippen LogP contribution < -0.4 is 5.11 Å². The first kappa shape index (κ1) is 11.8. The van der Waals surface area contributed by atoms with Gasteiger partial charge in [0, 0.05) is 29.6 Å². The van der Waals surface area contributed by atoms with Crippen LogP contribution in [0.25, 0.3) is 0 Å². The van der Waals surface area contributed by atoms with Gasteiger partial charge in [-0.3, -0.25) is 14.5 Å². The summed E-state index contributed by atoms with van der Waals surface area (Å²) in [5, 5.41) is 10.8. The van der Waals surface area contributed by atoms with E-state index in [1.807, 2.05) is 0 Å². The molecule has 2 atom stereocenters. The van der Waals surface area contributed by atoms with Gasteiger partial charge >= 0.3 is 0 Å². The van der Waals surface area contributed by atoms with Crippen LogP contribution in [0.15, 0.2) is 11.6 Å². The van der Waals surface area contributed by atoms with Gasteiger partial charge in [-0.1, -0.05) is 6.42 Å². The van der Waals surface area contributed by atoms with Crippen molar-refractivity contribution in [2.75, 3.05) is 0 Å². The van der Waals surface area contributed by atoms with E-state index in [0.717, 1.165) is 0 Å². The van der Waals surface area contributed by atoms with Gasteiger partial charge in [0.2, 0.25) is 0 Å². The second-order valence-corrected chi connectivity index (χ2v) is 4.68. The van der Waals surface area contributed by atoms with Crippen molar-refractivity contribution in [3.8, 4) is 0 Å². The molecule has 0 N–H and O–H groups in total. The average molecular weight is 236 g/mol. The molecule has 1 aliphatic carbocycles. The number of carboxylic acids is 1. The van der Waals surface area contributed by atoms with E-state index in [0.29, 0.717) is 31.3 Å². The molecule has 17 heavy (non-hydrogen) atoms. The third kappa shape index (κ3) is 2.09. The molecular formula is C12H14NO4-. The molecule has 5 nitrogen and oxygen atoms in total. The van der Waals surface area contributed by atoms with Crippen LogP contribution in [-0.4, -0.2) is 28.7 Å². The van der Waals surface area contributed by atoms with E-state index < -0.39 is 11.9 Å². The number of rotatable bonds is 2. The van der Waals surface area contributed by atoms with Gasteiger partial charge in [-0.15, -0.1) is 0 Å². The summed E-state index contributed by atoms with van der Waals surface area (Å²) in [5.74, 6) is -2.25. The van der Waals surface area contributed by atoms with Crippen molar-refractivity contribution in [1.82, 2.24) is 4.90 Å². The van der Waals surface area contributed by atoms with Crippen molar-refractivity contribution < 1.29 is 19.5 Å². The van der Waals surface area contributed by atoms with Gasteiger partial charge in [0.1, 0.15) is 0 Å². The smallest absolute Gasteiger partial charge is 0.256 e. The summed E-state index contributed by atoms with van der Waals surface area (Å²) in [4.78, 5) is 35.4. The molecule has 0 saturated heterocycles. The molecule has 0 bridgehead atoms. The molecule has 2 unspecified atom stereocenters. The Hall–Kier alpha value is -1.65. The number of hydrogen-bond donors (Lipinski definition) is 0. The van der Waals surface area contributed by atoms with Gasteiger partial charge in [0.15, 0.2) is 0 Å². The lowest BCUT2D eigenvalue weighted by Gasteiger charge is -2.34. The summed E-state index contributed by atoms with van der Waals surface area (Å²) < 4.78 is 0. The molecular weight excluding hydrogens is 222 g/mol. The Balaban J connectivity index is 2.11. The zero-order chi connectivity index (χ0) is 12.6. The Labute approximate surface area is 99.1 Å². The van der Waals surface area contributed by atoms with Gasteiger partial charge in [-0.05, 0) is 26.2 Å². The van der Waals surface area contributed by atoms with Crippen LogP contribution in [0.5, 0.6) is 0 Å². The third-order valence-corrected chi connectivity index (χ3v) is 3.48. The first-order valence-electron chi connectivity index (χ1n) is 5.77. The zero-order valence-corrected chi connectivity index (χ0v) is 9.64. The minimum atomic E-state index is -1.08. The van der Waals surface area contributed by atoms with Crippen LogP contribution in [0.3, 0.4) is 0 Å². The maximum absolute atomic E-state index is 11.8. The maximum atomic E-state index is 11.8. The van der Waals surface area contributed by atoms with Crippen LogP contribution in [0, 0.1) is 5.92 Å². The molecule has 1 aliphatic heterocycles. The molecule has 2 rings (SSSR count). The van der Waals surface area contributed by atoms with Crippen molar-refractivity contribution in [2.24, 2.45) is 5.92 Å². The van der Waals surface area contributed by atoms with Crippen LogP contribution in [0.4, 0.5) is 0 Å². The highest BCUT2D eigenvalue weighted by molar-refractivity contribution is 6.16. The fraction of sp³-hybridized carbons (Fsp3) is 0.583. The number of imide groups is 1. The van der Waals surface area contributed by atoms with Crippen LogP contribution >= 0.6 is 0 Å². The molecule has 1 fully saturated rings. The molecule has 2 aliphatic rings. The second kappa shape index (κ2) is 4.31. The highest BCUT2D eigenvalue weighted by atomic mass is 16.4. The number of amides is 2. The molecule has 0 radical (unpaired) electrons. The second-order valence-electron chi connectivity index (χ2n) is 4.68. The Kier molecular flexibility index (Phi) is 3.00. The van der Waals surface area contributed by atoms with Crippen molar-refractivity contribution in [1.29, 1.82) is 0 Å². The molecule has 0 aromatic heterocycles. The van der Waals surface area contributed by atoms with Gasteiger partial charge in [-0.2, -0.15) is 0 Å². The van der Waals surface area contributed by atoms with E-state index in [4.69, 9.17) is 0 Å². The van der Waals surface area contributed by atoms with E-state index >= 15 is 0 Å². The lowest BCUT2D eigenvalue weighted by molar-refractivity contribution is -0.312. The lowest BCUT2D eigenvalue weighted by Crippen LogP contribution is -2.46. The monoisotopic (exact) mass is 236 g/mol. The van der Waals surface area contributed by atoms with E-state index in [1.165, 1.54) is 11.0 Å². The molecule has 92 valence electrons.